The molecule has 0 spiro atoms. The molecule has 0 fully saturated rings. The maximum absolute atomic E-state index is 10.9. The van der Waals surface area contributed by atoms with Crippen LogP contribution in [0.25, 0.3) is 0 Å². The molecule has 0 rings (SSSR count). The van der Waals surface area contributed by atoms with E-state index in [1.54, 1.807) is 0 Å². The summed E-state index contributed by atoms with van der Waals surface area (Å²) in [6, 6.07) is 0. The topological polar surface area (TPSA) is 68.3 Å². The van der Waals surface area contributed by atoms with Gasteiger partial charge in [0.1, 0.15) is 9.84 Å². The molecule has 0 aliphatic rings. The minimum absolute atomic E-state index is 0.00605. The van der Waals surface area contributed by atoms with Crippen LogP contribution in [0.3, 0.4) is 0 Å². The molecule has 0 aliphatic heterocycles. The maximum atomic E-state index is 10.9. The molecule has 0 amide bonds. The first kappa shape index (κ1) is 12.2. The molecule has 0 saturated heterocycles. The van der Waals surface area contributed by atoms with Gasteiger partial charge in [-0.2, -0.15) is 0 Å². The Morgan fingerprint density at radius 2 is 1.50 bits per heavy atom. The third kappa shape index (κ3) is 6.87. The smallest absolute Gasteiger partial charge is 0.152 e. The minimum Gasteiger partial charge on any atom is -0.229 e. The minimum atomic E-state index is -3.28. The average Bonchev–Trinajstić information content (AvgIpc) is 1.83. The fourth-order valence-corrected chi connectivity index (χ4v) is 3.87. The van der Waals surface area contributed by atoms with Gasteiger partial charge in [-0.1, -0.05) is 0 Å². The van der Waals surface area contributed by atoms with Gasteiger partial charge in [0.25, 0.3) is 0 Å². The predicted molar refractivity (Wildman–Crippen MR) is 49.1 cm³/mol. The lowest BCUT2D eigenvalue weighted by Gasteiger charge is -1.99. The second kappa shape index (κ2) is 4.43. The van der Waals surface area contributed by atoms with E-state index in [2.05, 4.69) is 0 Å². The van der Waals surface area contributed by atoms with Crippen molar-refractivity contribution < 1.29 is 16.8 Å². The summed E-state index contributed by atoms with van der Waals surface area (Å²) in [6.07, 6.45) is 1.00. The van der Waals surface area contributed by atoms with Gasteiger partial charge in [0.05, 0.1) is 17.3 Å². The first-order valence-corrected chi connectivity index (χ1v) is 7.62. The monoisotopic (exact) mass is 234 g/mol. The van der Waals surface area contributed by atoms with Crippen molar-refractivity contribution in [1.82, 2.24) is 0 Å². The van der Waals surface area contributed by atoms with Gasteiger partial charge in [0, 0.05) is 12.1 Å². The highest BCUT2D eigenvalue weighted by Crippen LogP contribution is 1.94. The molecule has 0 aromatic heterocycles. The Bertz CT molecular complexity index is 315. The summed E-state index contributed by atoms with van der Waals surface area (Å²) in [5, 5.41) is 0. The number of rotatable bonds is 5. The van der Waals surface area contributed by atoms with Gasteiger partial charge in [0.2, 0.25) is 0 Å². The van der Waals surface area contributed by atoms with E-state index in [0.717, 1.165) is 6.26 Å². The summed E-state index contributed by atoms with van der Waals surface area (Å²) in [6.45, 7) is 0. The largest absolute Gasteiger partial charge is 0.229 e. The number of halogens is 1. The predicted octanol–water partition coefficient (Wildman–Crippen LogP) is -0.315. The van der Waals surface area contributed by atoms with Crippen molar-refractivity contribution in [3.8, 4) is 0 Å². The van der Waals surface area contributed by atoms with Crippen molar-refractivity contribution in [1.29, 1.82) is 0 Å². The van der Waals surface area contributed by atoms with Crippen molar-refractivity contribution in [2.75, 3.05) is 29.4 Å². The van der Waals surface area contributed by atoms with E-state index >= 15 is 0 Å². The lowest BCUT2D eigenvalue weighted by Crippen LogP contribution is -2.19. The lowest BCUT2D eigenvalue weighted by molar-refractivity contribution is 0.591. The van der Waals surface area contributed by atoms with Gasteiger partial charge in [-0.05, 0) is 0 Å². The first-order chi connectivity index (χ1) is 5.27. The summed E-state index contributed by atoms with van der Waals surface area (Å²) in [5.41, 5.74) is 0. The number of hydrogen-bond donors (Lipinski definition) is 0. The van der Waals surface area contributed by atoms with Crippen LogP contribution in [0.5, 0.6) is 0 Å². The van der Waals surface area contributed by atoms with Crippen LogP contribution >= 0.6 is 11.6 Å². The van der Waals surface area contributed by atoms with Gasteiger partial charge >= 0.3 is 0 Å². The van der Waals surface area contributed by atoms with Gasteiger partial charge in [-0.25, -0.2) is 16.8 Å². The average molecular weight is 235 g/mol. The standard InChI is InChI=1S/C5H11ClO4S2/c1-11(7,8)4-5-12(9,10)3-2-6/h2-5H2,1H3. The van der Waals surface area contributed by atoms with E-state index in [1.807, 2.05) is 0 Å². The quantitative estimate of drug-likeness (QED) is 0.612. The summed E-state index contributed by atoms with van der Waals surface area (Å²) in [5.74, 6) is -0.819. The van der Waals surface area contributed by atoms with Crippen molar-refractivity contribution in [2.45, 2.75) is 0 Å². The van der Waals surface area contributed by atoms with E-state index in [-0.39, 0.29) is 23.1 Å². The highest BCUT2D eigenvalue weighted by atomic mass is 35.5. The van der Waals surface area contributed by atoms with Crippen LogP contribution in [0.1, 0.15) is 0 Å². The number of alkyl halides is 1. The van der Waals surface area contributed by atoms with Crippen LogP contribution in [0, 0.1) is 0 Å². The van der Waals surface area contributed by atoms with Crippen molar-refractivity contribution in [2.24, 2.45) is 0 Å². The molecule has 0 unspecified atom stereocenters. The van der Waals surface area contributed by atoms with Crippen LogP contribution in [0.4, 0.5) is 0 Å². The first-order valence-electron chi connectivity index (χ1n) is 3.21. The van der Waals surface area contributed by atoms with Crippen LogP contribution in [-0.4, -0.2) is 46.2 Å². The molecule has 0 aliphatic carbocycles. The summed E-state index contributed by atoms with van der Waals surface area (Å²) < 4.78 is 43.0. The molecular weight excluding hydrogens is 224 g/mol. The molecule has 0 aromatic rings. The highest BCUT2D eigenvalue weighted by molar-refractivity contribution is 7.94. The van der Waals surface area contributed by atoms with Crippen molar-refractivity contribution >= 4 is 31.3 Å². The van der Waals surface area contributed by atoms with E-state index in [1.165, 1.54) is 0 Å². The molecule has 0 radical (unpaired) electrons. The maximum Gasteiger partial charge on any atom is 0.152 e. The molecule has 0 saturated carbocycles. The van der Waals surface area contributed by atoms with E-state index in [4.69, 9.17) is 11.6 Å². The Hall–Kier alpha value is 0.190. The summed E-state index contributed by atoms with van der Waals surface area (Å²) in [7, 11) is -6.47. The molecule has 0 heterocycles. The molecule has 0 atom stereocenters. The highest BCUT2D eigenvalue weighted by Gasteiger charge is 2.13. The van der Waals surface area contributed by atoms with Gasteiger partial charge in [0.15, 0.2) is 9.84 Å². The van der Waals surface area contributed by atoms with Gasteiger partial charge in [-0.15, -0.1) is 11.6 Å². The molecular formula is C5H11ClO4S2. The van der Waals surface area contributed by atoms with Crippen LogP contribution in [0.15, 0.2) is 0 Å². The number of sulfone groups is 2. The zero-order valence-corrected chi connectivity index (χ0v) is 9.04. The van der Waals surface area contributed by atoms with Gasteiger partial charge in [-0.3, -0.25) is 0 Å². The number of hydrogen-bond acceptors (Lipinski definition) is 4. The fraction of sp³-hybridized carbons (Fsp3) is 1.00. The third-order valence-corrected chi connectivity index (χ3v) is 4.42. The fourth-order valence-electron chi connectivity index (χ4n) is 0.498. The molecule has 0 bridgehead atoms. The van der Waals surface area contributed by atoms with E-state index in [9.17, 15) is 16.8 Å². The Morgan fingerprint density at radius 3 is 1.83 bits per heavy atom. The molecule has 0 N–H and O–H groups in total. The molecule has 7 heteroatoms. The zero-order chi connectivity index (χ0) is 9.83. The lowest BCUT2D eigenvalue weighted by atomic mass is 10.9. The molecule has 74 valence electrons. The van der Waals surface area contributed by atoms with Gasteiger partial charge < -0.3 is 0 Å². The van der Waals surface area contributed by atoms with E-state index < -0.39 is 19.7 Å². The normalized spacial score (nSPS) is 13.2. The second-order valence-electron chi connectivity index (χ2n) is 2.47. The SMILES string of the molecule is CS(=O)(=O)CCS(=O)(=O)CCCl. The van der Waals surface area contributed by atoms with Crippen molar-refractivity contribution in [3.63, 3.8) is 0 Å². The zero-order valence-electron chi connectivity index (χ0n) is 6.66. The Balaban J connectivity index is 4.12. The van der Waals surface area contributed by atoms with E-state index in [0.29, 0.717) is 0 Å². The molecule has 4 nitrogen and oxygen atoms in total. The third-order valence-electron chi connectivity index (χ3n) is 1.15. The Morgan fingerprint density at radius 1 is 1.00 bits per heavy atom. The summed E-state index contributed by atoms with van der Waals surface area (Å²) >= 11 is 5.21. The van der Waals surface area contributed by atoms with Crippen LogP contribution < -0.4 is 0 Å². The van der Waals surface area contributed by atoms with Crippen molar-refractivity contribution in [3.05, 3.63) is 0 Å². The molecule has 0 aromatic carbocycles. The van der Waals surface area contributed by atoms with Crippen LogP contribution in [0.2, 0.25) is 0 Å². The van der Waals surface area contributed by atoms with Crippen LogP contribution in [-0.2, 0) is 19.7 Å². The molecule has 12 heavy (non-hydrogen) atoms. The Labute approximate surface area is 77.8 Å². The Kier molecular flexibility index (Phi) is 4.50. The second-order valence-corrected chi connectivity index (χ2v) is 7.41. The summed E-state index contributed by atoms with van der Waals surface area (Å²) in [4.78, 5) is 0.